The SMILES string of the molecule is CCCN(CCO)C(=O)NC(COC)C(=O)O. The maximum atomic E-state index is 11.7. The normalized spacial score (nSPS) is 11.9. The van der Waals surface area contributed by atoms with Crippen molar-refractivity contribution in [1.29, 1.82) is 0 Å². The molecule has 100 valence electrons. The number of nitrogens with zero attached hydrogens (tertiary/aromatic N) is 1. The molecule has 0 aliphatic rings. The molecule has 7 heteroatoms. The lowest BCUT2D eigenvalue weighted by atomic mass is 10.3. The first-order valence-electron chi connectivity index (χ1n) is 5.44. The zero-order chi connectivity index (χ0) is 13.3. The van der Waals surface area contributed by atoms with Gasteiger partial charge in [0.2, 0.25) is 0 Å². The molecule has 0 spiro atoms. The number of carbonyl (C=O) groups excluding carboxylic acids is 1. The molecule has 17 heavy (non-hydrogen) atoms. The van der Waals surface area contributed by atoms with Gasteiger partial charge in [-0.1, -0.05) is 6.92 Å². The number of carboxylic acid groups (broad SMARTS) is 1. The molecule has 0 aliphatic carbocycles. The molecule has 3 N–H and O–H groups in total. The number of amides is 2. The number of rotatable bonds is 8. The number of aliphatic hydroxyl groups excluding tert-OH is 1. The summed E-state index contributed by atoms with van der Waals surface area (Å²) in [5, 5.41) is 20.0. The van der Waals surface area contributed by atoms with E-state index in [1.807, 2.05) is 6.92 Å². The van der Waals surface area contributed by atoms with E-state index in [-0.39, 0.29) is 19.8 Å². The number of carbonyl (C=O) groups is 2. The fourth-order valence-electron chi connectivity index (χ4n) is 1.29. The van der Waals surface area contributed by atoms with E-state index in [1.165, 1.54) is 12.0 Å². The van der Waals surface area contributed by atoms with Crippen molar-refractivity contribution in [3.8, 4) is 0 Å². The van der Waals surface area contributed by atoms with Crippen molar-refractivity contribution in [2.75, 3.05) is 33.4 Å². The van der Waals surface area contributed by atoms with Gasteiger partial charge in [-0.2, -0.15) is 0 Å². The van der Waals surface area contributed by atoms with Gasteiger partial charge in [0, 0.05) is 20.2 Å². The van der Waals surface area contributed by atoms with Gasteiger partial charge >= 0.3 is 12.0 Å². The van der Waals surface area contributed by atoms with E-state index >= 15 is 0 Å². The van der Waals surface area contributed by atoms with Crippen molar-refractivity contribution in [2.24, 2.45) is 0 Å². The summed E-state index contributed by atoms with van der Waals surface area (Å²) in [6, 6.07) is -1.59. The van der Waals surface area contributed by atoms with Crippen LogP contribution < -0.4 is 5.32 Å². The number of methoxy groups -OCH3 is 1. The molecule has 0 aromatic heterocycles. The van der Waals surface area contributed by atoms with Crippen LogP contribution in [-0.2, 0) is 9.53 Å². The first-order chi connectivity index (χ1) is 8.06. The maximum Gasteiger partial charge on any atom is 0.328 e. The third-order valence-electron chi connectivity index (χ3n) is 2.08. The smallest absolute Gasteiger partial charge is 0.328 e. The number of hydrogen-bond acceptors (Lipinski definition) is 4. The summed E-state index contributed by atoms with van der Waals surface area (Å²) in [6.07, 6.45) is 0.732. The molecule has 0 rings (SSSR count). The Morgan fingerprint density at radius 3 is 2.47 bits per heavy atom. The molecule has 0 heterocycles. The van der Waals surface area contributed by atoms with Crippen molar-refractivity contribution in [2.45, 2.75) is 19.4 Å². The summed E-state index contributed by atoms with van der Waals surface area (Å²) in [7, 11) is 1.36. The minimum atomic E-state index is -1.15. The van der Waals surface area contributed by atoms with Gasteiger partial charge in [0.1, 0.15) is 0 Å². The van der Waals surface area contributed by atoms with E-state index in [0.29, 0.717) is 6.54 Å². The lowest BCUT2D eigenvalue weighted by Gasteiger charge is -2.23. The van der Waals surface area contributed by atoms with Crippen molar-refractivity contribution in [3.05, 3.63) is 0 Å². The minimum Gasteiger partial charge on any atom is -0.480 e. The molecule has 2 amide bonds. The second-order valence-corrected chi connectivity index (χ2v) is 3.51. The van der Waals surface area contributed by atoms with Gasteiger partial charge < -0.3 is 25.2 Å². The maximum absolute atomic E-state index is 11.7. The molecule has 0 saturated carbocycles. The van der Waals surface area contributed by atoms with Crippen LogP contribution in [0, 0.1) is 0 Å². The number of hydrogen-bond donors (Lipinski definition) is 3. The summed E-state index contributed by atoms with van der Waals surface area (Å²) in [6.45, 7) is 2.28. The number of ether oxygens (including phenoxy) is 1. The third kappa shape index (κ3) is 6.08. The zero-order valence-electron chi connectivity index (χ0n) is 10.2. The van der Waals surface area contributed by atoms with Gasteiger partial charge in [0.15, 0.2) is 6.04 Å². The van der Waals surface area contributed by atoms with E-state index in [4.69, 9.17) is 14.9 Å². The Morgan fingerprint density at radius 2 is 2.06 bits per heavy atom. The van der Waals surface area contributed by atoms with Crippen molar-refractivity contribution >= 4 is 12.0 Å². The van der Waals surface area contributed by atoms with Crippen LogP contribution in [-0.4, -0.2) is 66.6 Å². The quantitative estimate of drug-likeness (QED) is 0.538. The Bertz CT molecular complexity index is 241. The second kappa shape index (κ2) is 8.77. The molecule has 0 saturated heterocycles. The van der Waals surface area contributed by atoms with Crippen LogP contribution in [0.25, 0.3) is 0 Å². The number of aliphatic hydroxyl groups is 1. The second-order valence-electron chi connectivity index (χ2n) is 3.51. The molecule has 1 atom stereocenters. The molecular weight excluding hydrogens is 228 g/mol. The van der Waals surface area contributed by atoms with Gasteiger partial charge in [-0.15, -0.1) is 0 Å². The molecule has 0 fully saturated rings. The highest BCUT2D eigenvalue weighted by Gasteiger charge is 2.22. The predicted molar refractivity (Wildman–Crippen MR) is 60.8 cm³/mol. The fraction of sp³-hybridized carbons (Fsp3) is 0.800. The van der Waals surface area contributed by atoms with Crippen molar-refractivity contribution < 1.29 is 24.5 Å². The van der Waals surface area contributed by atoms with E-state index in [2.05, 4.69) is 5.32 Å². The first kappa shape index (κ1) is 15.7. The third-order valence-corrected chi connectivity index (χ3v) is 2.08. The lowest BCUT2D eigenvalue weighted by Crippen LogP contribution is -2.50. The Morgan fingerprint density at radius 1 is 1.41 bits per heavy atom. The average Bonchev–Trinajstić information content (AvgIpc) is 2.28. The van der Waals surface area contributed by atoms with Crippen molar-refractivity contribution in [3.63, 3.8) is 0 Å². The lowest BCUT2D eigenvalue weighted by molar-refractivity contribution is -0.140. The van der Waals surface area contributed by atoms with Gasteiger partial charge in [0.05, 0.1) is 13.2 Å². The highest BCUT2D eigenvalue weighted by atomic mass is 16.5. The zero-order valence-corrected chi connectivity index (χ0v) is 10.2. The Hall–Kier alpha value is -1.34. The first-order valence-corrected chi connectivity index (χ1v) is 5.44. The summed E-state index contributed by atoms with van der Waals surface area (Å²) < 4.78 is 4.70. The van der Waals surface area contributed by atoms with Crippen LogP contribution in [0.4, 0.5) is 4.79 Å². The fourth-order valence-corrected chi connectivity index (χ4v) is 1.29. The van der Waals surface area contributed by atoms with Crippen LogP contribution >= 0.6 is 0 Å². The van der Waals surface area contributed by atoms with Crippen LogP contribution in [0.2, 0.25) is 0 Å². The average molecular weight is 248 g/mol. The predicted octanol–water partition coefficient (Wildman–Crippen LogP) is -0.500. The topological polar surface area (TPSA) is 99.1 Å². The standard InChI is InChI=1S/C10H20N2O5/c1-3-4-12(5-6-13)10(16)11-8(7-17-2)9(14)15/h8,13H,3-7H2,1-2H3,(H,11,16)(H,14,15). The highest BCUT2D eigenvalue weighted by Crippen LogP contribution is 1.95. The van der Waals surface area contributed by atoms with Gasteiger partial charge in [-0.25, -0.2) is 9.59 Å². The molecule has 0 radical (unpaired) electrons. The number of aliphatic carboxylic acids is 1. The van der Waals surface area contributed by atoms with E-state index in [0.717, 1.165) is 6.42 Å². The van der Waals surface area contributed by atoms with Gasteiger partial charge in [-0.3, -0.25) is 0 Å². The summed E-state index contributed by atoms with van der Waals surface area (Å²) >= 11 is 0. The van der Waals surface area contributed by atoms with E-state index in [1.54, 1.807) is 0 Å². The highest BCUT2D eigenvalue weighted by molar-refractivity contribution is 5.82. The molecule has 0 aromatic rings. The molecule has 1 unspecified atom stereocenters. The molecule has 0 bridgehead atoms. The Balaban J connectivity index is 4.38. The van der Waals surface area contributed by atoms with Crippen molar-refractivity contribution in [1.82, 2.24) is 10.2 Å². The summed E-state index contributed by atoms with van der Waals surface area (Å²) in [5.41, 5.74) is 0. The van der Waals surface area contributed by atoms with E-state index < -0.39 is 18.0 Å². The van der Waals surface area contributed by atoms with Gasteiger partial charge in [-0.05, 0) is 6.42 Å². The molecule has 0 aromatic carbocycles. The Kier molecular flexibility index (Phi) is 8.08. The number of nitrogens with one attached hydrogen (secondary N) is 1. The number of carboxylic acids is 1. The molecule has 0 aliphatic heterocycles. The monoisotopic (exact) mass is 248 g/mol. The van der Waals surface area contributed by atoms with Gasteiger partial charge in [0.25, 0.3) is 0 Å². The van der Waals surface area contributed by atoms with Crippen LogP contribution in [0.1, 0.15) is 13.3 Å². The van der Waals surface area contributed by atoms with E-state index in [9.17, 15) is 9.59 Å². The largest absolute Gasteiger partial charge is 0.480 e. The van der Waals surface area contributed by atoms with Crippen LogP contribution in [0.3, 0.4) is 0 Å². The summed E-state index contributed by atoms with van der Waals surface area (Å²) in [5.74, 6) is -1.15. The Labute approximate surface area is 100 Å². The molecule has 7 nitrogen and oxygen atoms in total. The van der Waals surface area contributed by atoms with Crippen LogP contribution in [0.5, 0.6) is 0 Å². The van der Waals surface area contributed by atoms with Crippen LogP contribution in [0.15, 0.2) is 0 Å². The number of urea groups is 1. The minimum absolute atomic E-state index is 0.0971. The molecular formula is C10H20N2O5. The summed E-state index contributed by atoms with van der Waals surface area (Å²) in [4.78, 5) is 23.9.